The molecule has 0 radical (unpaired) electrons. The van der Waals surface area contributed by atoms with Gasteiger partial charge in [-0.25, -0.2) is 0 Å². The maximum absolute atomic E-state index is 5.83. The second-order valence-corrected chi connectivity index (χ2v) is 3.86. The van der Waals surface area contributed by atoms with Crippen molar-refractivity contribution in [3.05, 3.63) is 12.7 Å². The second-order valence-electron chi connectivity index (χ2n) is 3.86. The van der Waals surface area contributed by atoms with Crippen molar-refractivity contribution in [1.29, 1.82) is 0 Å². The van der Waals surface area contributed by atoms with Gasteiger partial charge in [0.05, 0.1) is 0 Å². The molecule has 0 aromatic heterocycles. The van der Waals surface area contributed by atoms with Gasteiger partial charge in [-0.2, -0.15) is 0 Å². The smallest absolute Gasteiger partial charge is 0.00389 e. The van der Waals surface area contributed by atoms with Crippen LogP contribution >= 0.6 is 0 Å². The van der Waals surface area contributed by atoms with Crippen molar-refractivity contribution in [1.82, 2.24) is 0 Å². The van der Waals surface area contributed by atoms with Crippen LogP contribution in [-0.4, -0.2) is 6.04 Å². The molecular weight excluding hydrogens is 134 g/mol. The predicted molar refractivity (Wildman–Crippen MR) is 49.2 cm³/mol. The maximum atomic E-state index is 5.83. The minimum atomic E-state index is 0.336. The van der Waals surface area contributed by atoms with Gasteiger partial charge < -0.3 is 5.73 Å². The minimum Gasteiger partial charge on any atom is -0.328 e. The third-order valence-corrected chi connectivity index (χ3v) is 3.19. The van der Waals surface area contributed by atoms with Crippen LogP contribution in [0.2, 0.25) is 0 Å². The summed E-state index contributed by atoms with van der Waals surface area (Å²) in [6.07, 6.45) is 4.76. The highest BCUT2D eigenvalue weighted by Crippen LogP contribution is 2.40. The Morgan fingerprint density at radius 1 is 1.45 bits per heavy atom. The fourth-order valence-corrected chi connectivity index (χ4v) is 1.89. The molecule has 0 aromatic rings. The molecule has 1 heteroatoms. The zero-order valence-corrected chi connectivity index (χ0v) is 7.59. The van der Waals surface area contributed by atoms with Crippen molar-refractivity contribution in [3.63, 3.8) is 0 Å². The third kappa shape index (κ3) is 1.64. The first kappa shape index (κ1) is 8.79. The van der Waals surface area contributed by atoms with E-state index in [-0.39, 0.29) is 0 Å². The third-order valence-electron chi connectivity index (χ3n) is 3.19. The summed E-state index contributed by atoms with van der Waals surface area (Å²) in [5.74, 6) is 2.22. The zero-order chi connectivity index (χ0) is 8.43. The van der Waals surface area contributed by atoms with Crippen LogP contribution in [0.25, 0.3) is 0 Å². The van der Waals surface area contributed by atoms with E-state index in [0.29, 0.717) is 12.0 Å². The van der Waals surface area contributed by atoms with Crippen molar-refractivity contribution in [2.24, 2.45) is 23.5 Å². The van der Waals surface area contributed by atoms with Gasteiger partial charge in [0.1, 0.15) is 0 Å². The van der Waals surface area contributed by atoms with Crippen molar-refractivity contribution in [2.75, 3.05) is 0 Å². The lowest BCUT2D eigenvalue weighted by Gasteiger charge is -2.40. The number of nitrogens with two attached hydrogens (primary N) is 1. The summed E-state index contributed by atoms with van der Waals surface area (Å²) in [6, 6.07) is 0.336. The van der Waals surface area contributed by atoms with E-state index in [1.54, 1.807) is 0 Å². The van der Waals surface area contributed by atoms with E-state index in [4.69, 9.17) is 5.73 Å². The highest BCUT2D eigenvalue weighted by Gasteiger charge is 2.33. The molecule has 0 saturated heterocycles. The fourth-order valence-electron chi connectivity index (χ4n) is 1.89. The quantitative estimate of drug-likeness (QED) is 0.618. The molecule has 0 bridgehead atoms. The Morgan fingerprint density at radius 3 is 2.36 bits per heavy atom. The van der Waals surface area contributed by atoms with Gasteiger partial charge in [-0.05, 0) is 37.5 Å². The number of rotatable bonds is 3. The van der Waals surface area contributed by atoms with Crippen LogP contribution in [0.3, 0.4) is 0 Å². The van der Waals surface area contributed by atoms with Gasteiger partial charge in [-0.3, -0.25) is 0 Å². The lowest BCUT2D eigenvalue weighted by molar-refractivity contribution is 0.137. The lowest BCUT2D eigenvalue weighted by atomic mass is 9.66. The molecule has 4 unspecified atom stereocenters. The Morgan fingerprint density at radius 2 is 2.09 bits per heavy atom. The zero-order valence-electron chi connectivity index (χ0n) is 7.59. The predicted octanol–water partition coefficient (Wildman–Crippen LogP) is 2.18. The Balaban J connectivity index is 2.41. The summed E-state index contributed by atoms with van der Waals surface area (Å²) >= 11 is 0. The van der Waals surface area contributed by atoms with Gasteiger partial charge in [0.2, 0.25) is 0 Å². The molecule has 0 heterocycles. The van der Waals surface area contributed by atoms with Crippen LogP contribution in [0.5, 0.6) is 0 Å². The van der Waals surface area contributed by atoms with Crippen LogP contribution in [0.4, 0.5) is 0 Å². The van der Waals surface area contributed by atoms with E-state index in [9.17, 15) is 0 Å². The highest BCUT2D eigenvalue weighted by molar-refractivity contribution is 4.95. The molecule has 0 amide bonds. The molecule has 1 nitrogen and oxygen atoms in total. The van der Waals surface area contributed by atoms with Gasteiger partial charge in [-0.15, -0.1) is 6.58 Å². The molecule has 1 saturated carbocycles. The second kappa shape index (κ2) is 3.40. The monoisotopic (exact) mass is 153 g/mol. The van der Waals surface area contributed by atoms with Gasteiger partial charge in [0.25, 0.3) is 0 Å². The first-order valence-electron chi connectivity index (χ1n) is 4.55. The summed E-state index contributed by atoms with van der Waals surface area (Å²) in [6.45, 7) is 8.19. The molecule has 0 aliphatic heterocycles. The summed E-state index contributed by atoms with van der Waals surface area (Å²) in [5.41, 5.74) is 5.83. The van der Waals surface area contributed by atoms with Crippen LogP contribution < -0.4 is 5.73 Å². The molecule has 0 aromatic carbocycles. The van der Waals surface area contributed by atoms with Crippen LogP contribution in [0, 0.1) is 17.8 Å². The van der Waals surface area contributed by atoms with Crippen LogP contribution in [0.15, 0.2) is 12.7 Å². The van der Waals surface area contributed by atoms with Crippen molar-refractivity contribution in [2.45, 2.75) is 32.7 Å². The van der Waals surface area contributed by atoms with Gasteiger partial charge in [0.15, 0.2) is 0 Å². The largest absolute Gasteiger partial charge is 0.328 e. The topological polar surface area (TPSA) is 26.0 Å². The standard InChI is InChI=1S/C10H19N/c1-4-9-5-6-10(9)7(2)8(3)11/h4,7-10H,1,5-6,11H2,2-3H3. The molecule has 0 spiro atoms. The summed E-state index contributed by atoms with van der Waals surface area (Å²) < 4.78 is 0. The van der Waals surface area contributed by atoms with E-state index in [0.717, 1.165) is 11.8 Å². The van der Waals surface area contributed by atoms with Crippen LogP contribution in [-0.2, 0) is 0 Å². The maximum Gasteiger partial charge on any atom is 0.00389 e. The SMILES string of the molecule is C=CC1CCC1C(C)C(C)N. The first-order chi connectivity index (χ1) is 5.16. The Hall–Kier alpha value is -0.300. The molecule has 4 atom stereocenters. The summed E-state index contributed by atoms with van der Waals surface area (Å²) in [5, 5.41) is 0. The summed E-state index contributed by atoms with van der Waals surface area (Å²) in [4.78, 5) is 0. The molecule has 64 valence electrons. The average Bonchev–Trinajstić information content (AvgIpc) is 1.86. The van der Waals surface area contributed by atoms with Gasteiger partial charge in [-0.1, -0.05) is 13.0 Å². The highest BCUT2D eigenvalue weighted by atomic mass is 14.6. The Kier molecular flexibility index (Phi) is 2.72. The number of hydrogen-bond donors (Lipinski definition) is 1. The molecule has 1 aliphatic rings. The molecule has 1 aliphatic carbocycles. The minimum absolute atomic E-state index is 0.336. The van der Waals surface area contributed by atoms with E-state index in [1.165, 1.54) is 12.8 Å². The number of hydrogen-bond acceptors (Lipinski definition) is 1. The molecular formula is C10H19N. The fraction of sp³-hybridized carbons (Fsp3) is 0.800. The molecule has 1 fully saturated rings. The van der Waals surface area contributed by atoms with Crippen molar-refractivity contribution < 1.29 is 0 Å². The van der Waals surface area contributed by atoms with E-state index >= 15 is 0 Å². The Labute approximate surface area is 69.7 Å². The lowest BCUT2D eigenvalue weighted by Crippen LogP contribution is -2.38. The normalized spacial score (nSPS) is 35.5. The van der Waals surface area contributed by atoms with E-state index < -0.39 is 0 Å². The summed E-state index contributed by atoms with van der Waals surface area (Å²) in [7, 11) is 0. The number of allylic oxidation sites excluding steroid dienone is 1. The molecule has 1 rings (SSSR count). The van der Waals surface area contributed by atoms with Crippen molar-refractivity contribution >= 4 is 0 Å². The first-order valence-corrected chi connectivity index (χ1v) is 4.55. The Bertz CT molecular complexity index is 140. The van der Waals surface area contributed by atoms with E-state index in [2.05, 4.69) is 26.5 Å². The van der Waals surface area contributed by atoms with Gasteiger partial charge in [0, 0.05) is 6.04 Å². The average molecular weight is 153 g/mol. The van der Waals surface area contributed by atoms with Crippen molar-refractivity contribution in [3.8, 4) is 0 Å². The molecule has 11 heavy (non-hydrogen) atoms. The molecule has 2 N–H and O–H groups in total. The van der Waals surface area contributed by atoms with E-state index in [1.807, 2.05) is 0 Å². The van der Waals surface area contributed by atoms with Gasteiger partial charge >= 0.3 is 0 Å². The van der Waals surface area contributed by atoms with Crippen LogP contribution in [0.1, 0.15) is 26.7 Å².